The first-order valence-corrected chi connectivity index (χ1v) is 10.3. The monoisotopic (exact) mass is 352 g/mol. The Balaban J connectivity index is 2.03. The zero-order valence-corrected chi connectivity index (χ0v) is 15.1. The number of hydrogen-bond acceptors (Lipinski definition) is 6. The van der Waals surface area contributed by atoms with E-state index in [0.717, 1.165) is 41.4 Å². The first-order chi connectivity index (χ1) is 10.8. The standard InChI is InChI=1S/C15H20N4O2S2/c1-10-9-22-15(16-10)13-8-12(17-11(2)18-13)14-6-4-5-7-19(14)23(3,20)21/h8-9,14H,4-7H2,1-3H3/t14-/m1/s1. The van der Waals surface area contributed by atoms with Crippen LogP contribution in [0.1, 0.15) is 42.5 Å². The molecule has 8 heteroatoms. The van der Waals surface area contributed by atoms with Gasteiger partial charge in [0.15, 0.2) is 0 Å². The Labute approximate surface area is 140 Å². The Morgan fingerprint density at radius 2 is 2.00 bits per heavy atom. The Bertz CT molecular complexity index is 817. The van der Waals surface area contributed by atoms with Crippen LogP contribution in [0.5, 0.6) is 0 Å². The zero-order valence-electron chi connectivity index (χ0n) is 13.5. The molecule has 1 aliphatic heterocycles. The van der Waals surface area contributed by atoms with Crippen molar-refractivity contribution >= 4 is 21.4 Å². The zero-order chi connectivity index (χ0) is 16.6. The summed E-state index contributed by atoms with van der Waals surface area (Å²) in [6.45, 7) is 4.33. The molecule has 0 aromatic carbocycles. The van der Waals surface area contributed by atoms with Crippen LogP contribution in [-0.4, -0.2) is 40.5 Å². The normalized spacial score (nSPS) is 19.9. The van der Waals surface area contributed by atoms with Crippen LogP contribution in [0, 0.1) is 13.8 Å². The van der Waals surface area contributed by atoms with E-state index in [4.69, 9.17) is 0 Å². The van der Waals surface area contributed by atoms with Crippen molar-refractivity contribution in [3.63, 3.8) is 0 Å². The number of aromatic nitrogens is 3. The van der Waals surface area contributed by atoms with Gasteiger partial charge in [0.1, 0.15) is 16.5 Å². The van der Waals surface area contributed by atoms with Crippen molar-refractivity contribution in [3.8, 4) is 10.7 Å². The number of nitrogens with zero attached hydrogens (tertiary/aromatic N) is 4. The molecule has 23 heavy (non-hydrogen) atoms. The van der Waals surface area contributed by atoms with Gasteiger partial charge in [-0.25, -0.2) is 23.4 Å². The van der Waals surface area contributed by atoms with E-state index >= 15 is 0 Å². The molecular weight excluding hydrogens is 332 g/mol. The maximum Gasteiger partial charge on any atom is 0.211 e. The fraction of sp³-hybridized carbons (Fsp3) is 0.533. The summed E-state index contributed by atoms with van der Waals surface area (Å²) in [5.74, 6) is 0.643. The molecule has 3 heterocycles. The van der Waals surface area contributed by atoms with E-state index in [2.05, 4.69) is 15.0 Å². The molecule has 1 saturated heterocycles. The van der Waals surface area contributed by atoms with Crippen molar-refractivity contribution in [3.05, 3.63) is 28.7 Å². The highest BCUT2D eigenvalue weighted by Crippen LogP contribution is 2.33. The van der Waals surface area contributed by atoms with Gasteiger partial charge in [0.05, 0.1) is 18.0 Å². The van der Waals surface area contributed by atoms with Crippen LogP contribution in [0.2, 0.25) is 0 Å². The number of piperidine rings is 1. The Morgan fingerprint density at radius 1 is 1.22 bits per heavy atom. The van der Waals surface area contributed by atoms with Gasteiger partial charge >= 0.3 is 0 Å². The largest absolute Gasteiger partial charge is 0.240 e. The number of rotatable bonds is 3. The van der Waals surface area contributed by atoms with Crippen molar-refractivity contribution in [2.45, 2.75) is 39.2 Å². The first kappa shape index (κ1) is 16.5. The van der Waals surface area contributed by atoms with Crippen molar-refractivity contribution < 1.29 is 8.42 Å². The summed E-state index contributed by atoms with van der Waals surface area (Å²) in [6.07, 6.45) is 3.96. The second-order valence-electron chi connectivity index (χ2n) is 5.90. The van der Waals surface area contributed by atoms with Gasteiger partial charge in [0.2, 0.25) is 10.0 Å². The van der Waals surface area contributed by atoms with Crippen LogP contribution in [-0.2, 0) is 10.0 Å². The summed E-state index contributed by atoms with van der Waals surface area (Å²) in [6, 6.07) is 1.68. The van der Waals surface area contributed by atoms with Crippen LogP contribution in [0.4, 0.5) is 0 Å². The van der Waals surface area contributed by atoms with Crippen LogP contribution in [0.15, 0.2) is 11.4 Å². The van der Waals surface area contributed by atoms with Crippen LogP contribution < -0.4 is 0 Å². The van der Waals surface area contributed by atoms with Crippen molar-refractivity contribution in [2.24, 2.45) is 0 Å². The first-order valence-electron chi connectivity index (χ1n) is 7.59. The van der Waals surface area contributed by atoms with Crippen molar-refractivity contribution in [1.82, 2.24) is 19.3 Å². The second-order valence-corrected chi connectivity index (χ2v) is 8.70. The lowest BCUT2D eigenvalue weighted by molar-refractivity contribution is 0.252. The van der Waals surface area contributed by atoms with Crippen molar-refractivity contribution in [2.75, 3.05) is 12.8 Å². The van der Waals surface area contributed by atoms with E-state index < -0.39 is 10.0 Å². The molecule has 0 radical (unpaired) electrons. The summed E-state index contributed by atoms with van der Waals surface area (Å²) in [4.78, 5) is 13.5. The minimum Gasteiger partial charge on any atom is -0.240 e. The molecule has 1 atom stereocenters. The fourth-order valence-corrected chi connectivity index (χ4v) is 4.83. The third-order valence-electron chi connectivity index (χ3n) is 3.92. The molecule has 0 bridgehead atoms. The van der Waals surface area contributed by atoms with E-state index in [1.54, 1.807) is 4.31 Å². The topological polar surface area (TPSA) is 76.1 Å². The highest BCUT2D eigenvalue weighted by molar-refractivity contribution is 7.88. The lowest BCUT2D eigenvalue weighted by Gasteiger charge is -2.33. The maximum absolute atomic E-state index is 12.1. The van der Waals surface area contributed by atoms with Crippen LogP contribution >= 0.6 is 11.3 Å². The minimum absolute atomic E-state index is 0.208. The molecule has 3 rings (SSSR count). The maximum atomic E-state index is 12.1. The summed E-state index contributed by atoms with van der Waals surface area (Å²) >= 11 is 1.54. The van der Waals surface area contributed by atoms with Crippen LogP contribution in [0.3, 0.4) is 0 Å². The molecule has 0 aliphatic carbocycles. The van der Waals surface area contributed by atoms with Gasteiger partial charge in [-0.2, -0.15) is 4.31 Å². The smallest absolute Gasteiger partial charge is 0.211 e. The quantitative estimate of drug-likeness (QED) is 0.849. The predicted octanol–water partition coefficient (Wildman–Crippen LogP) is 2.70. The fourth-order valence-electron chi connectivity index (χ4n) is 2.94. The molecule has 124 valence electrons. The molecule has 0 spiro atoms. The van der Waals surface area contributed by atoms with E-state index in [1.807, 2.05) is 25.3 Å². The Kier molecular flexibility index (Phi) is 4.48. The molecule has 0 unspecified atom stereocenters. The molecular formula is C15H20N4O2S2. The molecule has 2 aromatic rings. The summed E-state index contributed by atoms with van der Waals surface area (Å²) in [5, 5.41) is 2.83. The van der Waals surface area contributed by atoms with E-state index in [-0.39, 0.29) is 6.04 Å². The molecule has 1 fully saturated rings. The summed E-state index contributed by atoms with van der Waals surface area (Å²) in [5.41, 5.74) is 2.49. The second kappa shape index (κ2) is 6.26. The summed E-state index contributed by atoms with van der Waals surface area (Å²) in [7, 11) is -3.25. The minimum atomic E-state index is -3.25. The third-order valence-corrected chi connectivity index (χ3v) is 6.19. The molecule has 0 saturated carbocycles. The van der Waals surface area contributed by atoms with Gasteiger partial charge in [-0.3, -0.25) is 0 Å². The number of thiazole rings is 1. The highest BCUT2D eigenvalue weighted by atomic mass is 32.2. The van der Waals surface area contributed by atoms with E-state index in [0.29, 0.717) is 12.4 Å². The van der Waals surface area contributed by atoms with Gasteiger partial charge in [0, 0.05) is 17.6 Å². The molecule has 0 amide bonds. The molecule has 0 N–H and O–H groups in total. The van der Waals surface area contributed by atoms with Crippen molar-refractivity contribution in [1.29, 1.82) is 0 Å². The van der Waals surface area contributed by atoms with E-state index in [9.17, 15) is 8.42 Å². The number of aryl methyl sites for hydroxylation is 2. The van der Waals surface area contributed by atoms with Gasteiger partial charge in [-0.05, 0) is 32.8 Å². The number of sulfonamides is 1. The van der Waals surface area contributed by atoms with Crippen LogP contribution in [0.25, 0.3) is 10.7 Å². The molecule has 2 aromatic heterocycles. The third kappa shape index (κ3) is 3.59. The Hall–Kier alpha value is -1.38. The van der Waals surface area contributed by atoms with Gasteiger partial charge in [0.25, 0.3) is 0 Å². The van der Waals surface area contributed by atoms with E-state index in [1.165, 1.54) is 17.6 Å². The SMILES string of the molecule is Cc1csc(-c2cc([C@H]3CCCCN3S(C)(=O)=O)nc(C)n2)n1. The molecule has 1 aliphatic rings. The lowest BCUT2D eigenvalue weighted by atomic mass is 10.0. The molecule has 6 nitrogen and oxygen atoms in total. The van der Waals surface area contributed by atoms with Gasteiger partial charge in [-0.15, -0.1) is 11.3 Å². The van der Waals surface area contributed by atoms with Gasteiger partial charge in [-0.1, -0.05) is 6.42 Å². The summed E-state index contributed by atoms with van der Waals surface area (Å²) < 4.78 is 25.7. The highest BCUT2D eigenvalue weighted by Gasteiger charge is 2.32. The number of hydrogen-bond donors (Lipinski definition) is 0. The predicted molar refractivity (Wildman–Crippen MR) is 90.8 cm³/mol. The van der Waals surface area contributed by atoms with Gasteiger partial charge < -0.3 is 0 Å². The lowest BCUT2D eigenvalue weighted by Crippen LogP contribution is -2.38. The Morgan fingerprint density at radius 3 is 2.65 bits per heavy atom. The average Bonchev–Trinajstić information content (AvgIpc) is 2.92. The average molecular weight is 352 g/mol.